The van der Waals surface area contributed by atoms with Gasteiger partial charge in [-0.3, -0.25) is 4.79 Å². The van der Waals surface area contributed by atoms with E-state index in [-0.39, 0.29) is 5.91 Å². The van der Waals surface area contributed by atoms with Gasteiger partial charge >= 0.3 is 0 Å². The molecule has 1 heterocycles. The van der Waals surface area contributed by atoms with Gasteiger partial charge in [0.05, 0.1) is 19.0 Å². The third kappa shape index (κ3) is 5.05. The normalized spacial score (nSPS) is 10.2. The Balaban J connectivity index is 1.74. The van der Waals surface area contributed by atoms with Gasteiger partial charge in [-0.1, -0.05) is 11.6 Å². The van der Waals surface area contributed by atoms with Crippen molar-refractivity contribution in [2.24, 2.45) is 0 Å². The molecular formula is C18H17ClN6O2. The van der Waals surface area contributed by atoms with Crippen LogP contribution in [0.15, 0.2) is 48.7 Å². The summed E-state index contributed by atoms with van der Waals surface area (Å²) in [7, 11) is 1.57. The third-order valence-electron chi connectivity index (χ3n) is 3.44. The number of nitrogens with zero attached hydrogens (tertiary/aromatic N) is 3. The molecule has 1 aromatic heterocycles. The number of aromatic nitrogens is 3. The number of benzene rings is 2. The number of carbonyl (C=O) groups excluding carboxylic acids is 1. The summed E-state index contributed by atoms with van der Waals surface area (Å²) >= 11 is 6.04. The molecule has 2 aromatic carbocycles. The molecule has 0 saturated heterocycles. The molecule has 0 aliphatic carbocycles. The van der Waals surface area contributed by atoms with Crippen LogP contribution in [0.25, 0.3) is 0 Å². The summed E-state index contributed by atoms with van der Waals surface area (Å²) in [6.07, 6.45) is 1.49. The van der Waals surface area contributed by atoms with E-state index in [9.17, 15) is 4.79 Å². The van der Waals surface area contributed by atoms with Crippen molar-refractivity contribution in [3.8, 4) is 5.75 Å². The molecule has 0 aliphatic heterocycles. The van der Waals surface area contributed by atoms with Gasteiger partial charge in [0.2, 0.25) is 11.9 Å². The van der Waals surface area contributed by atoms with Gasteiger partial charge in [-0.15, -0.1) is 5.10 Å². The van der Waals surface area contributed by atoms with E-state index < -0.39 is 0 Å². The first-order chi connectivity index (χ1) is 13.0. The Bertz CT molecular complexity index is 949. The van der Waals surface area contributed by atoms with Crippen molar-refractivity contribution in [3.63, 3.8) is 0 Å². The summed E-state index contributed by atoms with van der Waals surface area (Å²) in [5, 5.41) is 17.4. The van der Waals surface area contributed by atoms with Crippen LogP contribution in [0.1, 0.15) is 6.92 Å². The molecular weight excluding hydrogens is 368 g/mol. The van der Waals surface area contributed by atoms with Crippen molar-refractivity contribution in [2.75, 3.05) is 23.1 Å². The highest BCUT2D eigenvalue weighted by molar-refractivity contribution is 6.31. The van der Waals surface area contributed by atoms with E-state index in [4.69, 9.17) is 16.3 Å². The van der Waals surface area contributed by atoms with Crippen LogP contribution in [0.4, 0.5) is 28.8 Å². The zero-order chi connectivity index (χ0) is 19.2. The average Bonchev–Trinajstić information content (AvgIpc) is 2.63. The van der Waals surface area contributed by atoms with Gasteiger partial charge in [-0.05, 0) is 42.5 Å². The predicted octanol–water partition coefficient (Wildman–Crippen LogP) is 3.98. The topological polar surface area (TPSA) is 101 Å². The van der Waals surface area contributed by atoms with Gasteiger partial charge in [-0.25, -0.2) is 0 Å². The number of carbonyl (C=O) groups is 1. The molecule has 8 nitrogen and oxygen atoms in total. The van der Waals surface area contributed by atoms with Crippen LogP contribution in [0.3, 0.4) is 0 Å². The Hall–Kier alpha value is -3.39. The van der Waals surface area contributed by atoms with Crippen molar-refractivity contribution in [1.29, 1.82) is 0 Å². The average molecular weight is 385 g/mol. The second-order valence-electron chi connectivity index (χ2n) is 5.52. The monoisotopic (exact) mass is 384 g/mol. The van der Waals surface area contributed by atoms with E-state index in [1.165, 1.54) is 13.1 Å². The van der Waals surface area contributed by atoms with E-state index in [1.807, 2.05) is 0 Å². The van der Waals surface area contributed by atoms with Gasteiger partial charge in [0, 0.05) is 23.3 Å². The van der Waals surface area contributed by atoms with Crippen LogP contribution >= 0.6 is 11.6 Å². The Kier molecular flexibility index (Phi) is 5.68. The molecule has 0 bridgehead atoms. The molecule has 138 valence electrons. The highest BCUT2D eigenvalue weighted by Gasteiger charge is 2.07. The Morgan fingerprint density at radius 1 is 1.07 bits per heavy atom. The van der Waals surface area contributed by atoms with Crippen molar-refractivity contribution < 1.29 is 9.53 Å². The minimum Gasteiger partial charge on any atom is -0.495 e. The maximum atomic E-state index is 11.1. The van der Waals surface area contributed by atoms with Crippen LogP contribution in [0, 0.1) is 0 Å². The van der Waals surface area contributed by atoms with Crippen LogP contribution in [0.2, 0.25) is 5.02 Å². The first-order valence-corrected chi connectivity index (χ1v) is 8.36. The molecule has 9 heteroatoms. The predicted molar refractivity (Wildman–Crippen MR) is 105 cm³/mol. The molecule has 3 rings (SSSR count). The third-order valence-corrected chi connectivity index (χ3v) is 3.68. The second-order valence-corrected chi connectivity index (χ2v) is 5.95. The molecule has 0 fully saturated rings. The number of methoxy groups -OCH3 is 1. The summed E-state index contributed by atoms with van der Waals surface area (Å²) in [6.45, 7) is 1.46. The van der Waals surface area contributed by atoms with Crippen molar-refractivity contribution >= 4 is 46.3 Å². The smallest absolute Gasteiger partial charge is 0.249 e. The Morgan fingerprint density at radius 2 is 1.81 bits per heavy atom. The number of halogens is 1. The molecule has 0 radical (unpaired) electrons. The first-order valence-electron chi connectivity index (χ1n) is 7.98. The van der Waals surface area contributed by atoms with E-state index in [2.05, 4.69) is 31.1 Å². The fourth-order valence-electron chi connectivity index (χ4n) is 2.30. The fraction of sp³-hybridized carbons (Fsp3) is 0.111. The Labute approximate surface area is 160 Å². The first kappa shape index (κ1) is 18.4. The van der Waals surface area contributed by atoms with Crippen molar-refractivity contribution in [2.45, 2.75) is 6.92 Å². The lowest BCUT2D eigenvalue weighted by Gasteiger charge is -2.11. The molecule has 0 atom stereocenters. The largest absolute Gasteiger partial charge is 0.495 e. The van der Waals surface area contributed by atoms with Crippen molar-refractivity contribution in [1.82, 2.24) is 15.2 Å². The molecule has 0 unspecified atom stereocenters. The van der Waals surface area contributed by atoms with Crippen LogP contribution < -0.4 is 20.7 Å². The lowest BCUT2D eigenvalue weighted by atomic mass is 10.3. The fourth-order valence-corrected chi connectivity index (χ4v) is 2.47. The molecule has 0 aliphatic rings. The number of rotatable bonds is 6. The SMILES string of the molecule is COc1ccc(Cl)cc1Nc1cnnc(Nc2ccc(NC(C)=O)cc2)n1. The number of amides is 1. The Morgan fingerprint density at radius 3 is 2.52 bits per heavy atom. The van der Waals surface area contributed by atoms with Crippen LogP contribution in [-0.4, -0.2) is 28.2 Å². The van der Waals surface area contributed by atoms with Crippen molar-refractivity contribution in [3.05, 3.63) is 53.7 Å². The highest BCUT2D eigenvalue weighted by Crippen LogP contribution is 2.30. The van der Waals surface area contributed by atoms with E-state index in [1.54, 1.807) is 49.6 Å². The number of hydrogen-bond donors (Lipinski definition) is 3. The highest BCUT2D eigenvalue weighted by atomic mass is 35.5. The summed E-state index contributed by atoms with van der Waals surface area (Å²) in [5.41, 5.74) is 2.12. The number of anilines is 5. The minimum atomic E-state index is -0.126. The van der Waals surface area contributed by atoms with Gasteiger partial charge in [0.1, 0.15) is 5.75 Å². The van der Waals surface area contributed by atoms with E-state index >= 15 is 0 Å². The second kappa shape index (κ2) is 8.33. The molecule has 3 aromatic rings. The zero-order valence-corrected chi connectivity index (χ0v) is 15.4. The summed E-state index contributed by atoms with van der Waals surface area (Å²) in [4.78, 5) is 15.4. The molecule has 0 spiro atoms. The molecule has 0 saturated carbocycles. The lowest BCUT2D eigenvalue weighted by molar-refractivity contribution is -0.114. The minimum absolute atomic E-state index is 0.126. The summed E-state index contributed by atoms with van der Waals surface area (Å²) in [5.74, 6) is 1.29. The molecule has 3 N–H and O–H groups in total. The maximum Gasteiger partial charge on any atom is 0.249 e. The molecule has 27 heavy (non-hydrogen) atoms. The van der Waals surface area contributed by atoms with Crippen LogP contribution in [-0.2, 0) is 4.79 Å². The van der Waals surface area contributed by atoms with E-state index in [0.717, 1.165) is 5.69 Å². The molecule has 1 amide bonds. The lowest BCUT2D eigenvalue weighted by Crippen LogP contribution is -2.06. The zero-order valence-electron chi connectivity index (χ0n) is 14.7. The number of ether oxygens (including phenoxy) is 1. The van der Waals surface area contributed by atoms with Crippen LogP contribution in [0.5, 0.6) is 5.75 Å². The van der Waals surface area contributed by atoms with Gasteiger partial charge < -0.3 is 20.7 Å². The summed E-state index contributed by atoms with van der Waals surface area (Å²) in [6, 6.07) is 12.4. The number of hydrogen-bond acceptors (Lipinski definition) is 7. The maximum absolute atomic E-state index is 11.1. The van der Waals surface area contributed by atoms with E-state index in [0.29, 0.717) is 33.9 Å². The number of nitrogens with one attached hydrogen (secondary N) is 3. The van der Waals surface area contributed by atoms with Gasteiger partial charge in [-0.2, -0.15) is 10.1 Å². The standard InChI is InChI=1S/C18H17ClN6O2/c1-11(26)21-13-4-6-14(7-5-13)22-18-24-17(10-20-25-18)23-15-9-12(19)3-8-16(15)27-2/h3-10H,1-2H3,(H,21,26)(H2,22,23,24,25). The summed E-state index contributed by atoms with van der Waals surface area (Å²) < 4.78 is 5.31. The quantitative estimate of drug-likeness (QED) is 0.590. The van der Waals surface area contributed by atoms with Gasteiger partial charge in [0.25, 0.3) is 0 Å². The van der Waals surface area contributed by atoms with Gasteiger partial charge in [0.15, 0.2) is 5.82 Å².